The standard InChI is InChI=1S/C14H14N2O6/c17-11(18)5-4-8-2-1-3-9-12(8)14(20)16(13(9)19)10-6-7-21-15-22-10/h1-3,10,15H,4-7H2,(H,17,18). The second-order valence-corrected chi connectivity index (χ2v) is 5.01. The van der Waals surface area contributed by atoms with E-state index < -0.39 is 24.0 Å². The number of hydrogen-bond acceptors (Lipinski definition) is 6. The minimum atomic E-state index is -0.955. The molecule has 1 unspecified atom stereocenters. The summed E-state index contributed by atoms with van der Waals surface area (Å²) in [5.74, 6) is -1.86. The Labute approximate surface area is 125 Å². The predicted octanol–water partition coefficient (Wildman–Crippen LogP) is 0.482. The van der Waals surface area contributed by atoms with E-state index in [1.54, 1.807) is 18.2 Å². The average Bonchev–Trinajstić information content (AvgIpc) is 2.78. The molecule has 2 N–H and O–H groups in total. The molecule has 116 valence electrons. The lowest BCUT2D eigenvalue weighted by Gasteiger charge is -2.28. The fourth-order valence-electron chi connectivity index (χ4n) is 2.62. The Morgan fingerprint density at radius 2 is 2.18 bits per heavy atom. The number of nitrogens with one attached hydrogen (secondary N) is 1. The van der Waals surface area contributed by atoms with Crippen molar-refractivity contribution in [2.75, 3.05) is 6.61 Å². The number of benzene rings is 1. The molecule has 1 saturated heterocycles. The van der Waals surface area contributed by atoms with Crippen molar-refractivity contribution in [3.63, 3.8) is 0 Å². The van der Waals surface area contributed by atoms with Gasteiger partial charge >= 0.3 is 5.97 Å². The van der Waals surface area contributed by atoms with Crippen LogP contribution in [0.5, 0.6) is 0 Å². The lowest BCUT2D eigenvalue weighted by Crippen LogP contribution is -2.47. The zero-order valence-electron chi connectivity index (χ0n) is 11.6. The molecule has 8 nitrogen and oxygen atoms in total. The van der Waals surface area contributed by atoms with Crippen molar-refractivity contribution in [1.82, 2.24) is 10.5 Å². The molecule has 0 aliphatic carbocycles. The van der Waals surface area contributed by atoms with Crippen molar-refractivity contribution in [1.29, 1.82) is 0 Å². The van der Waals surface area contributed by atoms with Gasteiger partial charge in [-0.25, -0.2) is 4.90 Å². The second kappa shape index (κ2) is 5.84. The van der Waals surface area contributed by atoms with E-state index in [9.17, 15) is 14.4 Å². The highest BCUT2D eigenvalue weighted by atomic mass is 16.9. The quantitative estimate of drug-likeness (QED) is 0.779. The first kappa shape index (κ1) is 14.6. The van der Waals surface area contributed by atoms with Crippen LogP contribution in [0.15, 0.2) is 18.2 Å². The number of carboxylic acid groups (broad SMARTS) is 1. The van der Waals surface area contributed by atoms with Crippen LogP contribution in [0.4, 0.5) is 0 Å². The van der Waals surface area contributed by atoms with Gasteiger partial charge in [-0.2, -0.15) is 0 Å². The van der Waals surface area contributed by atoms with Gasteiger partial charge in [-0.05, 0) is 18.1 Å². The number of carbonyl (C=O) groups excluding carboxylic acids is 2. The van der Waals surface area contributed by atoms with Crippen LogP contribution in [0.1, 0.15) is 39.1 Å². The first-order chi connectivity index (χ1) is 10.6. The normalized spacial score (nSPS) is 21.1. The van der Waals surface area contributed by atoms with E-state index in [2.05, 4.69) is 5.64 Å². The van der Waals surface area contributed by atoms with Crippen LogP contribution in [0.2, 0.25) is 0 Å². The number of amides is 2. The highest BCUT2D eigenvalue weighted by Gasteiger charge is 2.42. The summed E-state index contributed by atoms with van der Waals surface area (Å²) in [5, 5.41) is 8.79. The molecule has 0 radical (unpaired) electrons. The maximum Gasteiger partial charge on any atom is 0.303 e. The molecular weight excluding hydrogens is 292 g/mol. The number of nitrogens with zero attached hydrogens (tertiary/aromatic N) is 1. The Kier molecular flexibility index (Phi) is 3.88. The minimum Gasteiger partial charge on any atom is -0.481 e. The highest BCUT2D eigenvalue weighted by molar-refractivity contribution is 6.22. The van der Waals surface area contributed by atoms with Gasteiger partial charge < -0.3 is 5.11 Å². The number of rotatable bonds is 4. The van der Waals surface area contributed by atoms with Crippen molar-refractivity contribution in [2.24, 2.45) is 0 Å². The Bertz CT molecular complexity index is 638. The van der Waals surface area contributed by atoms with E-state index in [4.69, 9.17) is 14.8 Å². The number of imide groups is 1. The second-order valence-electron chi connectivity index (χ2n) is 5.01. The number of aryl methyl sites for hydroxylation is 1. The molecule has 1 fully saturated rings. The summed E-state index contributed by atoms with van der Waals surface area (Å²) in [6, 6.07) is 4.87. The molecule has 1 aromatic rings. The largest absolute Gasteiger partial charge is 0.481 e. The lowest BCUT2D eigenvalue weighted by atomic mass is 9.99. The number of carboxylic acids is 1. The van der Waals surface area contributed by atoms with Gasteiger partial charge in [-0.15, -0.1) is 0 Å². The fourth-order valence-corrected chi connectivity index (χ4v) is 2.62. The molecule has 2 amide bonds. The van der Waals surface area contributed by atoms with Crippen LogP contribution < -0.4 is 5.64 Å². The molecule has 1 aromatic carbocycles. The molecule has 0 bridgehead atoms. The van der Waals surface area contributed by atoms with E-state index >= 15 is 0 Å². The first-order valence-corrected chi connectivity index (χ1v) is 6.83. The third-order valence-electron chi connectivity index (χ3n) is 3.64. The van der Waals surface area contributed by atoms with Gasteiger partial charge in [0.2, 0.25) is 0 Å². The van der Waals surface area contributed by atoms with Gasteiger partial charge in [0.05, 0.1) is 17.7 Å². The molecule has 22 heavy (non-hydrogen) atoms. The molecule has 3 rings (SSSR count). The van der Waals surface area contributed by atoms with E-state index in [1.807, 2.05) is 0 Å². The van der Waals surface area contributed by atoms with Crippen molar-refractivity contribution in [3.8, 4) is 0 Å². The Morgan fingerprint density at radius 3 is 2.86 bits per heavy atom. The monoisotopic (exact) mass is 306 g/mol. The number of fused-ring (bicyclic) bond motifs is 1. The van der Waals surface area contributed by atoms with Crippen molar-refractivity contribution in [3.05, 3.63) is 34.9 Å². The molecular formula is C14H14N2O6. The summed E-state index contributed by atoms with van der Waals surface area (Å²) in [6.45, 7) is 0.309. The maximum absolute atomic E-state index is 12.6. The smallest absolute Gasteiger partial charge is 0.303 e. The van der Waals surface area contributed by atoms with Crippen LogP contribution in [0, 0.1) is 0 Å². The van der Waals surface area contributed by atoms with E-state index in [-0.39, 0.29) is 24.0 Å². The fraction of sp³-hybridized carbons (Fsp3) is 0.357. The van der Waals surface area contributed by atoms with Gasteiger partial charge in [0.15, 0.2) is 6.23 Å². The third kappa shape index (κ3) is 2.47. The van der Waals surface area contributed by atoms with E-state index in [1.165, 1.54) is 0 Å². The van der Waals surface area contributed by atoms with Crippen LogP contribution in [-0.2, 0) is 20.9 Å². The Balaban J connectivity index is 1.91. The molecule has 2 aliphatic heterocycles. The summed E-state index contributed by atoms with van der Waals surface area (Å²) in [7, 11) is 0. The first-order valence-electron chi connectivity index (χ1n) is 6.83. The zero-order chi connectivity index (χ0) is 15.7. The molecule has 2 heterocycles. The Hall–Kier alpha value is -2.29. The molecule has 0 aromatic heterocycles. The van der Waals surface area contributed by atoms with Crippen LogP contribution in [0.25, 0.3) is 0 Å². The van der Waals surface area contributed by atoms with Gasteiger partial charge in [0, 0.05) is 12.8 Å². The van der Waals surface area contributed by atoms with E-state index in [0.717, 1.165) is 4.90 Å². The van der Waals surface area contributed by atoms with Crippen LogP contribution in [0.3, 0.4) is 0 Å². The highest BCUT2D eigenvalue weighted by Crippen LogP contribution is 2.29. The topological polar surface area (TPSA) is 105 Å². The van der Waals surface area contributed by atoms with Gasteiger partial charge in [-0.3, -0.25) is 24.1 Å². The van der Waals surface area contributed by atoms with Crippen molar-refractivity contribution >= 4 is 17.8 Å². The van der Waals surface area contributed by atoms with Crippen LogP contribution in [-0.4, -0.2) is 40.6 Å². The minimum absolute atomic E-state index is 0.104. The maximum atomic E-state index is 12.6. The zero-order valence-corrected chi connectivity index (χ0v) is 11.6. The predicted molar refractivity (Wildman–Crippen MR) is 71.5 cm³/mol. The molecule has 0 spiro atoms. The Morgan fingerprint density at radius 1 is 1.36 bits per heavy atom. The number of hydrogen-bond donors (Lipinski definition) is 2. The van der Waals surface area contributed by atoms with Crippen LogP contribution >= 0.6 is 0 Å². The summed E-state index contributed by atoms with van der Waals surface area (Å²) in [5.41, 5.74) is 3.31. The van der Waals surface area contributed by atoms with Gasteiger partial charge in [0.25, 0.3) is 11.8 Å². The average molecular weight is 306 g/mol. The van der Waals surface area contributed by atoms with E-state index in [0.29, 0.717) is 18.6 Å². The molecule has 8 heteroatoms. The lowest BCUT2D eigenvalue weighted by molar-refractivity contribution is -0.259. The van der Waals surface area contributed by atoms with Gasteiger partial charge in [-0.1, -0.05) is 17.8 Å². The number of carbonyl (C=O) groups is 3. The number of aliphatic carboxylic acids is 1. The third-order valence-corrected chi connectivity index (χ3v) is 3.64. The molecule has 2 aliphatic rings. The molecule has 0 saturated carbocycles. The van der Waals surface area contributed by atoms with Crippen molar-refractivity contribution < 1.29 is 29.2 Å². The summed E-state index contributed by atoms with van der Waals surface area (Å²) in [6.07, 6.45) is -0.289. The van der Waals surface area contributed by atoms with Crippen molar-refractivity contribution in [2.45, 2.75) is 25.5 Å². The SMILES string of the molecule is O=C(O)CCc1cccc2c1C(=O)N(C1CCONO1)C2=O. The molecule has 1 atom stereocenters. The summed E-state index contributed by atoms with van der Waals surface area (Å²) in [4.78, 5) is 46.7. The summed E-state index contributed by atoms with van der Waals surface area (Å²) >= 11 is 0. The summed E-state index contributed by atoms with van der Waals surface area (Å²) < 4.78 is 0. The van der Waals surface area contributed by atoms with Gasteiger partial charge in [0.1, 0.15) is 0 Å².